The number of hydrogen-bond acceptors (Lipinski definition) is 5. The Kier molecular flexibility index (Phi) is 8.28. The van der Waals surface area contributed by atoms with Crippen LogP contribution in [0.1, 0.15) is 48.4 Å². The Morgan fingerprint density at radius 3 is 2.83 bits per heavy atom. The molecule has 1 aliphatic rings. The minimum atomic E-state index is -0.108. The number of benzene rings is 1. The minimum absolute atomic E-state index is 0.108. The van der Waals surface area contributed by atoms with Crippen molar-refractivity contribution in [2.24, 2.45) is 5.92 Å². The van der Waals surface area contributed by atoms with Crippen molar-refractivity contribution in [1.29, 1.82) is 0 Å². The molecule has 7 heteroatoms. The zero-order valence-electron chi connectivity index (χ0n) is 18.3. The molecule has 164 valence electrons. The number of rotatable bonds is 10. The number of nitrogens with zero attached hydrogens (tertiary/aromatic N) is 2. The van der Waals surface area contributed by atoms with E-state index >= 15 is 0 Å². The Morgan fingerprint density at radius 1 is 1.30 bits per heavy atom. The van der Waals surface area contributed by atoms with Gasteiger partial charge >= 0.3 is 0 Å². The number of methoxy groups -OCH3 is 1. The largest absolute Gasteiger partial charge is 0.490 e. The van der Waals surface area contributed by atoms with Crippen LogP contribution in [0.15, 0.2) is 30.3 Å². The summed E-state index contributed by atoms with van der Waals surface area (Å²) in [5.41, 5.74) is 2.93. The zero-order valence-corrected chi connectivity index (χ0v) is 18.3. The van der Waals surface area contributed by atoms with E-state index in [-0.39, 0.29) is 12.0 Å². The Labute approximate surface area is 179 Å². The van der Waals surface area contributed by atoms with Crippen LogP contribution in [0.5, 0.6) is 5.75 Å². The summed E-state index contributed by atoms with van der Waals surface area (Å²) in [5.74, 6) is 1.26. The zero-order chi connectivity index (χ0) is 21.3. The number of nitrogens with one attached hydrogen (secondary N) is 2. The maximum atomic E-state index is 12.2. The molecule has 3 rings (SSSR count). The topological polar surface area (TPSA) is 79.5 Å². The van der Waals surface area contributed by atoms with Gasteiger partial charge in [-0.2, -0.15) is 5.10 Å². The molecule has 1 fully saturated rings. The SMILES string of the molecule is COCCNC(=O)c1cccc(OC2CCN(Cc3cc(CC(C)C)n[nH]3)CC2)c1. The number of ether oxygens (including phenoxy) is 2. The van der Waals surface area contributed by atoms with Crippen LogP contribution in [-0.2, 0) is 17.7 Å². The maximum absolute atomic E-state index is 12.2. The predicted octanol–water partition coefficient (Wildman–Crippen LogP) is 3.03. The van der Waals surface area contributed by atoms with E-state index in [0.29, 0.717) is 24.6 Å². The quantitative estimate of drug-likeness (QED) is 0.584. The van der Waals surface area contributed by atoms with Crippen molar-refractivity contribution in [3.05, 3.63) is 47.3 Å². The molecule has 0 radical (unpaired) electrons. The van der Waals surface area contributed by atoms with Gasteiger partial charge in [0.25, 0.3) is 5.91 Å². The highest BCUT2D eigenvalue weighted by Crippen LogP contribution is 2.21. The fraction of sp³-hybridized carbons (Fsp3) is 0.565. The van der Waals surface area contributed by atoms with Gasteiger partial charge in [0.2, 0.25) is 0 Å². The third-order valence-corrected chi connectivity index (χ3v) is 5.22. The van der Waals surface area contributed by atoms with Crippen LogP contribution < -0.4 is 10.1 Å². The summed E-state index contributed by atoms with van der Waals surface area (Å²) in [6.45, 7) is 8.29. The maximum Gasteiger partial charge on any atom is 0.251 e. The molecular formula is C23H34N4O3. The molecule has 7 nitrogen and oxygen atoms in total. The Hall–Kier alpha value is -2.38. The van der Waals surface area contributed by atoms with Crippen molar-refractivity contribution in [2.75, 3.05) is 33.4 Å². The van der Waals surface area contributed by atoms with E-state index in [2.05, 4.69) is 40.3 Å². The van der Waals surface area contributed by atoms with Crippen molar-refractivity contribution in [2.45, 2.75) is 45.8 Å². The Morgan fingerprint density at radius 2 is 2.10 bits per heavy atom. The van der Waals surface area contributed by atoms with Crippen LogP contribution in [0, 0.1) is 5.92 Å². The van der Waals surface area contributed by atoms with E-state index in [1.54, 1.807) is 13.2 Å². The summed E-state index contributed by atoms with van der Waals surface area (Å²) in [7, 11) is 1.62. The summed E-state index contributed by atoms with van der Waals surface area (Å²) in [5, 5.41) is 10.4. The number of likely N-dealkylation sites (tertiary alicyclic amines) is 1. The fourth-order valence-electron chi connectivity index (χ4n) is 3.71. The number of piperidine rings is 1. The lowest BCUT2D eigenvalue weighted by molar-refractivity contribution is 0.0923. The summed E-state index contributed by atoms with van der Waals surface area (Å²) in [4.78, 5) is 14.6. The second-order valence-electron chi connectivity index (χ2n) is 8.35. The molecule has 1 aromatic carbocycles. The van der Waals surface area contributed by atoms with Gasteiger partial charge in [-0.05, 0) is 49.4 Å². The predicted molar refractivity (Wildman–Crippen MR) is 117 cm³/mol. The number of amides is 1. The van der Waals surface area contributed by atoms with Gasteiger partial charge in [-0.25, -0.2) is 0 Å². The second kappa shape index (κ2) is 11.1. The first kappa shape index (κ1) is 22.3. The van der Waals surface area contributed by atoms with Crippen molar-refractivity contribution < 1.29 is 14.3 Å². The van der Waals surface area contributed by atoms with Crippen LogP contribution in [0.4, 0.5) is 0 Å². The molecular weight excluding hydrogens is 380 g/mol. The van der Waals surface area contributed by atoms with Crippen LogP contribution >= 0.6 is 0 Å². The van der Waals surface area contributed by atoms with E-state index in [1.807, 2.05) is 18.2 Å². The van der Waals surface area contributed by atoms with Crippen LogP contribution in [-0.4, -0.2) is 60.5 Å². The highest BCUT2D eigenvalue weighted by atomic mass is 16.5. The van der Waals surface area contributed by atoms with Crippen LogP contribution in [0.2, 0.25) is 0 Å². The molecule has 1 amide bonds. The number of carbonyl (C=O) groups excluding carboxylic acids is 1. The third kappa shape index (κ3) is 6.85. The summed E-state index contributed by atoms with van der Waals surface area (Å²) in [6.07, 6.45) is 3.12. The van der Waals surface area contributed by atoms with E-state index < -0.39 is 0 Å². The lowest BCUT2D eigenvalue weighted by atomic mass is 10.1. The van der Waals surface area contributed by atoms with Gasteiger partial charge in [0, 0.05) is 44.5 Å². The van der Waals surface area contributed by atoms with E-state index in [1.165, 1.54) is 5.69 Å². The van der Waals surface area contributed by atoms with Gasteiger partial charge in [-0.15, -0.1) is 0 Å². The van der Waals surface area contributed by atoms with Crippen LogP contribution in [0.25, 0.3) is 0 Å². The molecule has 0 aliphatic carbocycles. The van der Waals surface area contributed by atoms with E-state index in [0.717, 1.165) is 50.3 Å². The van der Waals surface area contributed by atoms with Crippen LogP contribution in [0.3, 0.4) is 0 Å². The second-order valence-corrected chi connectivity index (χ2v) is 8.35. The van der Waals surface area contributed by atoms with Gasteiger partial charge in [-0.1, -0.05) is 19.9 Å². The molecule has 0 saturated carbocycles. The lowest BCUT2D eigenvalue weighted by Crippen LogP contribution is -2.37. The van der Waals surface area contributed by atoms with Crippen molar-refractivity contribution >= 4 is 5.91 Å². The fourth-order valence-corrected chi connectivity index (χ4v) is 3.71. The van der Waals surface area contributed by atoms with Gasteiger partial charge in [0.1, 0.15) is 11.9 Å². The number of aromatic amines is 1. The number of carbonyl (C=O) groups is 1. The van der Waals surface area contributed by atoms with Crippen molar-refractivity contribution in [3.8, 4) is 5.75 Å². The number of aromatic nitrogens is 2. The molecule has 1 saturated heterocycles. The monoisotopic (exact) mass is 414 g/mol. The van der Waals surface area contributed by atoms with Gasteiger partial charge in [0.15, 0.2) is 0 Å². The van der Waals surface area contributed by atoms with Gasteiger partial charge < -0.3 is 14.8 Å². The molecule has 2 aromatic rings. The van der Waals surface area contributed by atoms with Gasteiger partial charge in [0.05, 0.1) is 12.3 Å². The average molecular weight is 415 g/mol. The lowest BCUT2D eigenvalue weighted by Gasteiger charge is -2.31. The summed E-state index contributed by atoms with van der Waals surface area (Å²) >= 11 is 0. The Balaban J connectivity index is 1.45. The normalized spacial score (nSPS) is 15.5. The van der Waals surface area contributed by atoms with Crippen molar-refractivity contribution in [3.63, 3.8) is 0 Å². The first-order chi connectivity index (χ1) is 14.5. The molecule has 2 heterocycles. The molecule has 0 spiro atoms. The van der Waals surface area contributed by atoms with Gasteiger partial charge in [-0.3, -0.25) is 14.8 Å². The molecule has 0 bridgehead atoms. The highest BCUT2D eigenvalue weighted by Gasteiger charge is 2.21. The first-order valence-electron chi connectivity index (χ1n) is 10.8. The van der Waals surface area contributed by atoms with E-state index in [4.69, 9.17) is 9.47 Å². The number of hydrogen-bond donors (Lipinski definition) is 2. The molecule has 1 aromatic heterocycles. The molecule has 1 aliphatic heterocycles. The molecule has 0 unspecified atom stereocenters. The van der Waals surface area contributed by atoms with Crippen molar-refractivity contribution in [1.82, 2.24) is 20.4 Å². The standard InChI is InChI=1S/C23H34N4O3/c1-17(2)13-19-15-20(26-25-19)16-27-10-7-21(8-11-27)30-22-6-4-5-18(14-22)23(28)24-9-12-29-3/h4-6,14-15,17,21H,7-13,16H2,1-3H3,(H,24,28)(H,25,26). The smallest absolute Gasteiger partial charge is 0.251 e. The minimum Gasteiger partial charge on any atom is -0.490 e. The first-order valence-corrected chi connectivity index (χ1v) is 10.8. The third-order valence-electron chi connectivity index (χ3n) is 5.22. The summed E-state index contributed by atoms with van der Waals surface area (Å²) in [6, 6.07) is 9.58. The van der Waals surface area contributed by atoms with E-state index in [9.17, 15) is 4.79 Å². The molecule has 0 atom stereocenters. The summed E-state index contributed by atoms with van der Waals surface area (Å²) < 4.78 is 11.1. The Bertz CT molecular complexity index is 797. The average Bonchev–Trinajstić information content (AvgIpc) is 3.16. The number of H-pyrrole nitrogens is 1. The highest BCUT2D eigenvalue weighted by molar-refractivity contribution is 5.94. The molecule has 2 N–H and O–H groups in total. The molecule has 30 heavy (non-hydrogen) atoms.